The standard InChI is InChI=1S/C9H10N4O4/c1-6-5-12(9(14)11-6)10-4-7-2-3-8(17-7)13(15)16/h2-4,6H,5H2,1H3,(H,11,14)/b10-4-/t6-/m0/s1. The lowest BCUT2D eigenvalue weighted by Gasteiger charge is -2.04. The maximum absolute atomic E-state index is 11.3. The highest BCUT2D eigenvalue weighted by molar-refractivity contribution is 5.81. The third-order valence-corrected chi connectivity index (χ3v) is 2.17. The molecule has 1 fully saturated rings. The molecule has 1 N–H and O–H groups in total. The number of urea groups is 1. The fourth-order valence-electron chi connectivity index (χ4n) is 1.41. The lowest BCUT2D eigenvalue weighted by atomic mass is 10.4. The van der Waals surface area contributed by atoms with E-state index in [9.17, 15) is 14.9 Å². The van der Waals surface area contributed by atoms with E-state index in [2.05, 4.69) is 10.4 Å². The Hall–Kier alpha value is -2.38. The zero-order chi connectivity index (χ0) is 12.4. The first-order valence-corrected chi connectivity index (χ1v) is 4.92. The molecule has 2 amide bonds. The third kappa shape index (κ3) is 2.41. The molecule has 0 radical (unpaired) electrons. The first kappa shape index (κ1) is 11.1. The molecule has 0 aromatic carbocycles. The van der Waals surface area contributed by atoms with E-state index in [0.717, 1.165) is 0 Å². The van der Waals surface area contributed by atoms with Gasteiger partial charge in [-0.15, -0.1) is 0 Å². The van der Waals surface area contributed by atoms with Crippen molar-refractivity contribution in [2.75, 3.05) is 6.54 Å². The molecular weight excluding hydrogens is 228 g/mol. The quantitative estimate of drug-likeness (QED) is 0.481. The van der Waals surface area contributed by atoms with E-state index in [0.29, 0.717) is 6.54 Å². The van der Waals surface area contributed by atoms with Crippen molar-refractivity contribution in [2.45, 2.75) is 13.0 Å². The van der Waals surface area contributed by atoms with Gasteiger partial charge < -0.3 is 9.73 Å². The van der Waals surface area contributed by atoms with Crippen molar-refractivity contribution in [3.63, 3.8) is 0 Å². The van der Waals surface area contributed by atoms with Gasteiger partial charge in [0.2, 0.25) is 0 Å². The molecule has 0 unspecified atom stereocenters. The molecule has 2 heterocycles. The fraction of sp³-hybridized carbons (Fsp3) is 0.333. The van der Waals surface area contributed by atoms with Crippen LogP contribution < -0.4 is 5.32 Å². The molecule has 1 aliphatic heterocycles. The van der Waals surface area contributed by atoms with Gasteiger partial charge in [-0.1, -0.05) is 0 Å². The van der Waals surface area contributed by atoms with Crippen molar-refractivity contribution in [3.8, 4) is 0 Å². The predicted molar refractivity (Wildman–Crippen MR) is 57.7 cm³/mol. The summed E-state index contributed by atoms with van der Waals surface area (Å²) in [6, 6.07) is 2.38. The number of amides is 2. The van der Waals surface area contributed by atoms with Crippen LogP contribution in [0.3, 0.4) is 0 Å². The van der Waals surface area contributed by atoms with Gasteiger partial charge in [0.1, 0.15) is 4.92 Å². The number of hydrogen-bond acceptors (Lipinski definition) is 5. The first-order valence-electron chi connectivity index (χ1n) is 4.92. The van der Waals surface area contributed by atoms with Crippen LogP contribution in [0, 0.1) is 10.1 Å². The van der Waals surface area contributed by atoms with Crippen molar-refractivity contribution in [2.24, 2.45) is 5.10 Å². The highest BCUT2D eigenvalue weighted by atomic mass is 16.6. The maximum Gasteiger partial charge on any atom is 0.433 e. The number of carbonyl (C=O) groups is 1. The van der Waals surface area contributed by atoms with Crippen LogP contribution in [0.1, 0.15) is 12.7 Å². The largest absolute Gasteiger partial charge is 0.433 e. The summed E-state index contributed by atoms with van der Waals surface area (Å²) in [4.78, 5) is 21.0. The predicted octanol–water partition coefficient (Wildman–Crippen LogP) is 0.935. The molecule has 0 bridgehead atoms. The maximum atomic E-state index is 11.3. The van der Waals surface area contributed by atoms with Crippen LogP contribution in [0.5, 0.6) is 0 Å². The molecule has 1 atom stereocenters. The molecular formula is C9H10N4O4. The topological polar surface area (TPSA) is 101 Å². The molecule has 1 saturated heterocycles. The van der Waals surface area contributed by atoms with E-state index in [-0.39, 0.29) is 23.7 Å². The number of furan rings is 1. The second-order valence-electron chi connectivity index (χ2n) is 3.61. The van der Waals surface area contributed by atoms with Crippen molar-refractivity contribution in [1.29, 1.82) is 0 Å². The second-order valence-corrected chi connectivity index (χ2v) is 3.61. The van der Waals surface area contributed by atoms with Gasteiger partial charge in [0, 0.05) is 6.04 Å². The summed E-state index contributed by atoms with van der Waals surface area (Å²) in [5.41, 5.74) is 0. The van der Waals surface area contributed by atoms with Crippen LogP contribution in [-0.4, -0.2) is 34.8 Å². The first-order chi connectivity index (χ1) is 8.06. The van der Waals surface area contributed by atoms with Crippen molar-refractivity contribution >= 4 is 18.1 Å². The van der Waals surface area contributed by atoms with E-state index >= 15 is 0 Å². The van der Waals surface area contributed by atoms with Gasteiger partial charge in [-0.2, -0.15) is 5.10 Å². The van der Waals surface area contributed by atoms with Gasteiger partial charge in [-0.3, -0.25) is 10.1 Å². The fourth-order valence-corrected chi connectivity index (χ4v) is 1.41. The monoisotopic (exact) mass is 238 g/mol. The molecule has 0 saturated carbocycles. The molecule has 8 nitrogen and oxygen atoms in total. The van der Waals surface area contributed by atoms with Crippen molar-refractivity contribution in [1.82, 2.24) is 10.3 Å². The van der Waals surface area contributed by atoms with Gasteiger partial charge in [-0.25, -0.2) is 9.80 Å². The summed E-state index contributed by atoms with van der Waals surface area (Å²) < 4.78 is 4.86. The van der Waals surface area contributed by atoms with Gasteiger partial charge in [0.25, 0.3) is 0 Å². The number of nitrogens with zero attached hydrogens (tertiary/aromatic N) is 3. The second kappa shape index (κ2) is 4.24. The van der Waals surface area contributed by atoms with Gasteiger partial charge >= 0.3 is 11.9 Å². The van der Waals surface area contributed by atoms with Crippen LogP contribution in [-0.2, 0) is 0 Å². The Kier molecular flexibility index (Phi) is 2.77. The van der Waals surface area contributed by atoms with Gasteiger partial charge in [-0.05, 0) is 13.0 Å². The van der Waals surface area contributed by atoms with E-state index in [1.165, 1.54) is 23.4 Å². The Morgan fingerprint density at radius 2 is 2.47 bits per heavy atom. The van der Waals surface area contributed by atoms with E-state index in [1.54, 1.807) is 0 Å². The molecule has 0 spiro atoms. The summed E-state index contributed by atoms with van der Waals surface area (Å²) in [7, 11) is 0. The number of carbonyl (C=O) groups excluding carboxylic acids is 1. The SMILES string of the molecule is C[C@H]1CN(/N=C\c2ccc([N+](=O)[O-])o2)C(=O)N1. The summed E-state index contributed by atoms with van der Waals surface area (Å²) >= 11 is 0. The average Bonchev–Trinajstić information content (AvgIpc) is 2.82. The minimum absolute atomic E-state index is 0.0330. The Morgan fingerprint density at radius 3 is 3.00 bits per heavy atom. The van der Waals surface area contributed by atoms with Crippen LogP contribution in [0.2, 0.25) is 0 Å². The number of hydrogen-bond donors (Lipinski definition) is 1. The van der Waals surface area contributed by atoms with Crippen LogP contribution >= 0.6 is 0 Å². The van der Waals surface area contributed by atoms with Crippen LogP contribution in [0.15, 0.2) is 21.7 Å². The third-order valence-electron chi connectivity index (χ3n) is 2.17. The summed E-state index contributed by atoms with van der Waals surface area (Å²) in [5.74, 6) is -0.130. The van der Waals surface area contributed by atoms with Gasteiger partial charge in [0.15, 0.2) is 5.76 Å². The minimum atomic E-state index is -0.637. The molecule has 1 aromatic heterocycles. The summed E-state index contributed by atoms with van der Waals surface area (Å²) in [6.07, 6.45) is 1.27. The van der Waals surface area contributed by atoms with Crippen LogP contribution in [0.25, 0.3) is 0 Å². The lowest BCUT2D eigenvalue weighted by Crippen LogP contribution is -2.24. The summed E-state index contributed by atoms with van der Waals surface area (Å²) in [6.45, 7) is 2.31. The summed E-state index contributed by atoms with van der Waals surface area (Å²) in [5, 5.41) is 18.1. The lowest BCUT2D eigenvalue weighted by molar-refractivity contribution is -0.402. The smallest absolute Gasteiger partial charge is 0.400 e. The Morgan fingerprint density at radius 1 is 1.71 bits per heavy atom. The van der Waals surface area contributed by atoms with Crippen molar-refractivity contribution in [3.05, 3.63) is 28.0 Å². The molecule has 90 valence electrons. The minimum Gasteiger partial charge on any atom is -0.400 e. The molecule has 17 heavy (non-hydrogen) atoms. The normalized spacial score (nSPS) is 19.9. The molecule has 1 aliphatic rings. The zero-order valence-electron chi connectivity index (χ0n) is 8.99. The average molecular weight is 238 g/mol. The van der Waals surface area contributed by atoms with E-state index in [1.807, 2.05) is 6.92 Å². The number of rotatable bonds is 3. The van der Waals surface area contributed by atoms with E-state index < -0.39 is 4.92 Å². The number of hydrazone groups is 1. The number of nitrogens with one attached hydrogen (secondary N) is 1. The Labute approximate surface area is 96.0 Å². The van der Waals surface area contributed by atoms with Gasteiger partial charge in [0.05, 0.1) is 18.8 Å². The zero-order valence-corrected chi connectivity index (χ0v) is 8.99. The highest BCUT2D eigenvalue weighted by Gasteiger charge is 2.24. The van der Waals surface area contributed by atoms with Crippen LogP contribution in [0.4, 0.5) is 10.7 Å². The molecule has 1 aromatic rings. The number of nitro groups is 1. The molecule has 8 heteroatoms. The Bertz CT molecular complexity index is 481. The highest BCUT2D eigenvalue weighted by Crippen LogP contribution is 2.14. The van der Waals surface area contributed by atoms with E-state index in [4.69, 9.17) is 4.42 Å². The molecule has 2 rings (SSSR count). The van der Waals surface area contributed by atoms with Crippen molar-refractivity contribution < 1.29 is 14.1 Å². The molecule has 0 aliphatic carbocycles. The Balaban J connectivity index is 2.05.